The number of ether oxygens (including phenoxy) is 1. The summed E-state index contributed by atoms with van der Waals surface area (Å²) in [4.78, 5) is 14.4. The number of carbonyl (C=O) groups is 1. The van der Waals surface area contributed by atoms with Crippen LogP contribution in [0.15, 0.2) is 52.0 Å². The smallest absolute Gasteiger partial charge is 0.246 e. The summed E-state index contributed by atoms with van der Waals surface area (Å²) in [5, 5.41) is 0. The van der Waals surface area contributed by atoms with Crippen LogP contribution in [-0.2, 0) is 21.2 Å². The molecule has 8 heteroatoms. The van der Waals surface area contributed by atoms with E-state index in [2.05, 4.69) is 0 Å². The van der Waals surface area contributed by atoms with Crippen molar-refractivity contribution in [3.8, 4) is 5.75 Å². The Morgan fingerprint density at radius 1 is 1.19 bits per heavy atom. The van der Waals surface area contributed by atoms with Crippen molar-refractivity contribution in [2.45, 2.75) is 23.3 Å². The number of carbonyl (C=O) groups excluding carboxylic acids is 1. The minimum Gasteiger partial charge on any atom is -0.483 e. The van der Waals surface area contributed by atoms with E-state index in [0.29, 0.717) is 31.0 Å². The highest BCUT2D eigenvalue weighted by Crippen LogP contribution is 2.37. The number of furan rings is 1. The molecule has 1 atom stereocenters. The molecule has 26 heavy (non-hydrogen) atoms. The van der Waals surface area contributed by atoms with Crippen LogP contribution in [0.1, 0.15) is 12.2 Å². The summed E-state index contributed by atoms with van der Waals surface area (Å²) in [5.74, 6) is 0.906. The number of nitrogens with zero attached hydrogens (tertiary/aromatic N) is 2. The van der Waals surface area contributed by atoms with Crippen LogP contribution in [0.25, 0.3) is 0 Å². The Morgan fingerprint density at radius 3 is 2.77 bits per heavy atom. The van der Waals surface area contributed by atoms with E-state index in [1.807, 2.05) is 0 Å². The third-order valence-corrected chi connectivity index (χ3v) is 6.79. The standard InChI is InChI=1S/C18H20N2O5S/c1-19-12-18(25-15-6-2-3-7-16(15)26(19,22)23)8-9-20(13-18)17(21)11-14-5-4-10-24-14/h2-7,10H,8-9,11-13H2,1H3/t18-/m0/s1. The van der Waals surface area contributed by atoms with Crippen molar-refractivity contribution >= 4 is 15.9 Å². The number of para-hydroxylation sites is 1. The molecular weight excluding hydrogens is 356 g/mol. The molecular formula is C18H20N2O5S. The summed E-state index contributed by atoms with van der Waals surface area (Å²) in [7, 11) is -2.06. The summed E-state index contributed by atoms with van der Waals surface area (Å²) in [6.45, 7) is 1.07. The summed E-state index contributed by atoms with van der Waals surface area (Å²) in [5.41, 5.74) is -0.743. The topological polar surface area (TPSA) is 80.1 Å². The number of sulfonamides is 1. The summed E-state index contributed by atoms with van der Waals surface area (Å²) in [6.07, 6.45) is 2.30. The Morgan fingerprint density at radius 2 is 2.00 bits per heavy atom. The van der Waals surface area contributed by atoms with E-state index >= 15 is 0 Å². The van der Waals surface area contributed by atoms with E-state index in [4.69, 9.17) is 9.15 Å². The molecule has 0 unspecified atom stereocenters. The lowest BCUT2D eigenvalue weighted by atomic mass is 10.0. The van der Waals surface area contributed by atoms with Gasteiger partial charge in [0.25, 0.3) is 0 Å². The van der Waals surface area contributed by atoms with Crippen LogP contribution in [-0.4, -0.2) is 55.8 Å². The molecule has 1 aromatic heterocycles. The molecule has 138 valence electrons. The number of hydrogen-bond acceptors (Lipinski definition) is 5. The zero-order valence-corrected chi connectivity index (χ0v) is 15.2. The van der Waals surface area contributed by atoms with Gasteiger partial charge in [-0.25, -0.2) is 8.42 Å². The summed E-state index contributed by atoms with van der Waals surface area (Å²) >= 11 is 0. The second-order valence-electron chi connectivity index (χ2n) is 6.81. The zero-order valence-electron chi connectivity index (χ0n) is 14.4. The lowest BCUT2D eigenvalue weighted by Gasteiger charge is -2.30. The zero-order chi connectivity index (χ0) is 18.4. The van der Waals surface area contributed by atoms with Gasteiger partial charge < -0.3 is 14.1 Å². The molecule has 1 spiro atoms. The molecule has 1 aromatic carbocycles. The number of rotatable bonds is 2. The molecule has 2 aromatic rings. The van der Waals surface area contributed by atoms with Gasteiger partial charge in [-0.1, -0.05) is 12.1 Å². The van der Waals surface area contributed by atoms with Gasteiger partial charge in [-0.15, -0.1) is 0 Å². The average Bonchev–Trinajstić information content (AvgIpc) is 3.23. The lowest BCUT2D eigenvalue weighted by Crippen LogP contribution is -2.48. The van der Waals surface area contributed by atoms with Crippen molar-refractivity contribution < 1.29 is 22.4 Å². The van der Waals surface area contributed by atoms with Crippen LogP contribution < -0.4 is 4.74 Å². The first-order valence-corrected chi connectivity index (χ1v) is 9.88. The van der Waals surface area contributed by atoms with Gasteiger partial charge in [0.2, 0.25) is 15.9 Å². The number of likely N-dealkylation sites (tertiary alicyclic amines) is 1. The van der Waals surface area contributed by atoms with Gasteiger partial charge in [-0.2, -0.15) is 4.31 Å². The minimum absolute atomic E-state index is 0.0523. The molecule has 4 rings (SSSR count). The third kappa shape index (κ3) is 2.89. The van der Waals surface area contributed by atoms with E-state index < -0.39 is 15.6 Å². The lowest BCUT2D eigenvalue weighted by molar-refractivity contribution is -0.130. The maximum Gasteiger partial charge on any atom is 0.246 e. The largest absolute Gasteiger partial charge is 0.483 e. The molecule has 1 fully saturated rings. The highest BCUT2D eigenvalue weighted by molar-refractivity contribution is 7.89. The van der Waals surface area contributed by atoms with Crippen molar-refractivity contribution in [2.75, 3.05) is 26.7 Å². The van der Waals surface area contributed by atoms with Gasteiger partial charge in [0.05, 0.1) is 25.8 Å². The van der Waals surface area contributed by atoms with Crippen molar-refractivity contribution in [2.24, 2.45) is 0 Å². The number of fused-ring (bicyclic) bond motifs is 1. The predicted octanol–water partition coefficient (Wildman–Crippen LogP) is 1.51. The van der Waals surface area contributed by atoms with E-state index in [1.165, 1.54) is 4.31 Å². The van der Waals surface area contributed by atoms with Crippen molar-refractivity contribution in [1.82, 2.24) is 9.21 Å². The highest BCUT2D eigenvalue weighted by atomic mass is 32.2. The molecule has 3 heterocycles. The molecule has 2 aliphatic heterocycles. The van der Waals surface area contributed by atoms with Gasteiger partial charge in [0, 0.05) is 20.0 Å². The van der Waals surface area contributed by atoms with Gasteiger partial charge >= 0.3 is 0 Å². The Hall–Kier alpha value is -2.32. The maximum atomic E-state index is 12.7. The van der Waals surface area contributed by atoms with E-state index in [-0.39, 0.29) is 23.8 Å². The first-order chi connectivity index (χ1) is 12.4. The Kier molecular flexibility index (Phi) is 4.04. The van der Waals surface area contributed by atoms with E-state index in [9.17, 15) is 13.2 Å². The molecule has 0 bridgehead atoms. The third-order valence-electron chi connectivity index (χ3n) is 4.95. The average molecular weight is 376 g/mol. The normalized spacial score (nSPS) is 24.9. The highest BCUT2D eigenvalue weighted by Gasteiger charge is 2.47. The molecule has 7 nitrogen and oxygen atoms in total. The fourth-order valence-corrected chi connectivity index (χ4v) is 4.97. The SMILES string of the molecule is CN1C[C@]2(CCN(C(=O)Cc3ccco3)C2)Oc2ccccc2S1(=O)=O. The molecule has 2 aliphatic rings. The Bertz CT molecular complexity index is 925. The van der Waals surface area contributed by atoms with Gasteiger partial charge in [-0.3, -0.25) is 4.79 Å². The van der Waals surface area contributed by atoms with Crippen LogP contribution >= 0.6 is 0 Å². The molecule has 0 saturated carbocycles. The molecule has 1 saturated heterocycles. The van der Waals surface area contributed by atoms with Gasteiger partial charge in [0.15, 0.2) is 0 Å². The predicted molar refractivity (Wildman–Crippen MR) is 93.2 cm³/mol. The monoisotopic (exact) mass is 376 g/mol. The summed E-state index contributed by atoms with van der Waals surface area (Å²) in [6, 6.07) is 10.2. The molecule has 0 N–H and O–H groups in total. The minimum atomic E-state index is -3.61. The number of benzene rings is 1. The first-order valence-electron chi connectivity index (χ1n) is 8.44. The first kappa shape index (κ1) is 17.1. The van der Waals surface area contributed by atoms with Crippen molar-refractivity contribution in [1.29, 1.82) is 0 Å². The van der Waals surface area contributed by atoms with Gasteiger partial charge in [0.1, 0.15) is 22.0 Å². The van der Waals surface area contributed by atoms with Crippen LogP contribution in [0.3, 0.4) is 0 Å². The second kappa shape index (κ2) is 6.14. The van der Waals surface area contributed by atoms with E-state index in [1.54, 1.807) is 54.6 Å². The van der Waals surface area contributed by atoms with E-state index in [0.717, 1.165) is 0 Å². The fourth-order valence-electron chi connectivity index (χ4n) is 3.62. The van der Waals surface area contributed by atoms with Crippen LogP contribution in [0.4, 0.5) is 0 Å². The molecule has 0 aliphatic carbocycles. The van der Waals surface area contributed by atoms with Crippen molar-refractivity contribution in [3.05, 3.63) is 48.4 Å². The van der Waals surface area contributed by atoms with Gasteiger partial charge in [-0.05, 0) is 24.3 Å². The quantitative estimate of drug-likeness (QED) is 0.794. The number of likely N-dealkylation sites (N-methyl/N-ethyl adjacent to an activating group) is 1. The Labute approximate surface area is 152 Å². The molecule has 1 amide bonds. The van der Waals surface area contributed by atoms with Crippen molar-refractivity contribution in [3.63, 3.8) is 0 Å². The Balaban J connectivity index is 1.59. The fraction of sp³-hybridized carbons (Fsp3) is 0.389. The van der Waals surface area contributed by atoms with Crippen LogP contribution in [0.2, 0.25) is 0 Å². The number of hydrogen-bond donors (Lipinski definition) is 0. The second-order valence-corrected chi connectivity index (χ2v) is 8.83. The summed E-state index contributed by atoms with van der Waals surface area (Å²) < 4.78 is 38.2. The maximum absolute atomic E-state index is 12.7. The van der Waals surface area contributed by atoms with Crippen LogP contribution in [0.5, 0.6) is 5.75 Å². The molecule has 0 radical (unpaired) electrons. The van der Waals surface area contributed by atoms with Crippen LogP contribution in [0, 0.1) is 0 Å². The number of amides is 1.